The molecule has 16 heavy (non-hydrogen) atoms. The summed E-state index contributed by atoms with van der Waals surface area (Å²) >= 11 is 0. The molecule has 0 saturated heterocycles. The van der Waals surface area contributed by atoms with E-state index < -0.39 is 0 Å². The monoisotopic (exact) mass is 212 g/mol. The van der Waals surface area contributed by atoms with E-state index in [1.54, 1.807) is 0 Å². The van der Waals surface area contributed by atoms with E-state index in [9.17, 15) is 0 Å². The van der Waals surface area contributed by atoms with E-state index >= 15 is 0 Å². The molecule has 4 heteroatoms. The second-order valence-electron chi connectivity index (χ2n) is 3.87. The Labute approximate surface area is 93.1 Å². The van der Waals surface area contributed by atoms with Crippen LogP contribution in [0.4, 0.5) is 0 Å². The molecule has 80 valence electrons. The van der Waals surface area contributed by atoms with Gasteiger partial charge in [0.05, 0.1) is 17.4 Å². The summed E-state index contributed by atoms with van der Waals surface area (Å²) in [5.41, 5.74) is 4.28. The molecule has 0 atom stereocenters. The van der Waals surface area contributed by atoms with Crippen LogP contribution in [0.2, 0.25) is 0 Å². The molecule has 0 unspecified atom stereocenters. The van der Waals surface area contributed by atoms with Crippen LogP contribution in [0.5, 0.6) is 0 Å². The summed E-state index contributed by atoms with van der Waals surface area (Å²) in [7, 11) is 1.94. The van der Waals surface area contributed by atoms with Crippen molar-refractivity contribution in [2.24, 2.45) is 7.05 Å². The predicted molar refractivity (Wildman–Crippen MR) is 62.1 cm³/mol. The molecular weight excluding hydrogens is 200 g/mol. The summed E-state index contributed by atoms with van der Waals surface area (Å²) in [5.74, 6) is 0. The smallest absolute Gasteiger partial charge is 0.0968 e. The van der Waals surface area contributed by atoms with Crippen LogP contribution in [0.25, 0.3) is 16.8 Å². The van der Waals surface area contributed by atoms with Gasteiger partial charge in [0, 0.05) is 24.5 Å². The van der Waals surface area contributed by atoms with E-state index in [4.69, 9.17) is 0 Å². The third-order valence-corrected chi connectivity index (χ3v) is 2.88. The van der Waals surface area contributed by atoms with E-state index in [0.717, 1.165) is 22.5 Å². The van der Waals surface area contributed by atoms with E-state index in [2.05, 4.69) is 16.3 Å². The first-order chi connectivity index (χ1) is 7.75. The topological polar surface area (TPSA) is 35.1 Å². The number of rotatable bonds is 1. The van der Waals surface area contributed by atoms with Gasteiger partial charge in [-0.3, -0.25) is 4.68 Å². The van der Waals surface area contributed by atoms with Gasteiger partial charge < -0.3 is 0 Å². The highest BCUT2D eigenvalue weighted by molar-refractivity contribution is 5.67. The zero-order valence-electron chi connectivity index (χ0n) is 9.25. The van der Waals surface area contributed by atoms with Crippen LogP contribution in [0.1, 0.15) is 5.69 Å². The normalized spacial score (nSPS) is 11.1. The zero-order chi connectivity index (χ0) is 11.1. The van der Waals surface area contributed by atoms with Crippen molar-refractivity contribution < 1.29 is 0 Å². The molecule has 0 aliphatic rings. The van der Waals surface area contributed by atoms with Crippen molar-refractivity contribution in [3.63, 3.8) is 0 Å². The molecule has 0 aliphatic carbocycles. The van der Waals surface area contributed by atoms with Gasteiger partial charge in [-0.2, -0.15) is 10.2 Å². The van der Waals surface area contributed by atoms with Gasteiger partial charge in [-0.15, -0.1) is 0 Å². The summed E-state index contributed by atoms with van der Waals surface area (Å²) in [4.78, 5) is 0. The molecule has 3 heterocycles. The molecule has 0 fully saturated rings. The van der Waals surface area contributed by atoms with Gasteiger partial charge in [-0.1, -0.05) is 6.07 Å². The molecule has 0 N–H and O–H groups in total. The van der Waals surface area contributed by atoms with E-state index in [1.165, 1.54) is 0 Å². The minimum absolute atomic E-state index is 0.969. The molecule has 3 rings (SSSR count). The van der Waals surface area contributed by atoms with Crippen molar-refractivity contribution in [1.29, 1.82) is 0 Å². The molecule has 0 aliphatic heterocycles. The maximum Gasteiger partial charge on any atom is 0.0968 e. The average molecular weight is 212 g/mol. The molecular formula is C12H12N4. The number of hydrogen-bond donors (Lipinski definition) is 0. The van der Waals surface area contributed by atoms with Crippen molar-refractivity contribution >= 4 is 5.52 Å². The van der Waals surface area contributed by atoms with Crippen molar-refractivity contribution in [1.82, 2.24) is 19.4 Å². The summed E-state index contributed by atoms with van der Waals surface area (Å²) in [6.07, 6.45) is 3.81. The first kappa shape index (κ1) is 9.15. The van der Waals surface area contributed by atoms with Gasteiger partial charge >= 0.3 is 0 Å². The molecule has 3 aromatic rings. The minimum atomic E-state index is 0.969. The van der Waals surface area contributed by atoms with E-state index in [0.29, 0.717) is 0 Å². The molecule has 0 amide bonds. The fourth-order valence-corrected chi connectivity index (χ4v) is 1.82. The number of aryl methyl sites for hydroxylation is 1. The molecule has 0 spiro atoms. The Morgan fingerprint density at radius 2 is 2.12 bits per heavy atom. The fourth-order valence-electron chi connectivity index (χ4n) is 1.82. The van der Waals surface area contributed by atoms with Crippen LogP contribution in [0.3, 0.4) is 0 Å². The van der Waals surface area contributed by atoms with Gasteiger partial charge in [-0.05, 0) is 25.1 Å². The number of hydrogen-bond acceptors (Lipinski definition) is 2. The lowest BCUT2D eigenvalue weighted by Crippen LogP contribution is -1.92. The lowest BCUT2D eigenvalue weighted by molar-refractivity contribution is 0.740. The van der Waals surface area contributed by atoms with E-state index in [-0.39, 0.29) is 0 Å². The maximum absolute atomic E-state index is 4.52. The summed E-state index contributed by atoms with van der Waals surface area (Å²) < 4.78 is 3.74. The third-order valence-electron chi connectivity index (χ3n) is 2.88. The first-order valence-electron chi connectivity index (χ1n) is 5.19. The number of nitrogens with zero attached hydrogens (tertiary/aromatic N) is 4. The lowest BCUT2D eigenvalue weighted by atomic mass is 10.2. The molecule has 0 radical (unpaired) electrons. The van der Waals surface area contributed by atoms with Crippen LogP contribution >= 0.6 is 0 Å². The standard InChI is InChI=1S/C12H12N4/c1-9-11(8-13-15(9)2)12-7-10-5-3-4-6-16(10)14-12/h3-8H,1-2H3. The van der Waals surface area contributed by atoms with Crippen LogP contribution in [0.15, 0.2) is 36.7 Å². The van der Waals surface area contributed by atoms with Crippen LogP contribution in [-0.4, -0.2) is 19.4 Å². The minimum Gasteiger partial charge on any atom is -0.272 e. The summed E-state index contributed by atoms with van der Waals surface area (Å²) in [6, 6.07) is 8.10. The predicted octanol–water partition coefficient (Wildman–Crippen LogP) is 2.04. The number of fused-ring (bicyclic) bond motifs is 1. The number of pyridine rings is 1. The Hall–Kier alpha value is -2.10. The molecule has 0 bridgehead atoms. The van der Waals surface area contributed by atoms with Gasteiger partial charge in [0.1, 0.15) is 0 Å². The Morgan fingerprint density at radius 3 is 2.81 bits per heavy atom. The second kappa shape index (κ2) is 3.20. The highest BCUT2D eigenvalue weighted by atomic mass is 15.3. The highest BCUT2D eigenvalue weighted by Crippen LogP contribution is 2.22. The summed E-state index contributed by atoms with van der Waals surface area (Å²) in [5, 5.41) is 8.75. The first-order valence-corrected chi connectivity index (χ1v) is 5.19. The fraction of sp³-hybridized carbons (Fsp3) is 0.167. The Morgan fingerprint density at radius 1 is 1.25 bits per heavy atom. The van der Waals surface area contributed by atoms with Gasteiger partial charge in [0.25, 0.3) is 0 Å². The zero-order valence-corrected chi connectivity index (χ0v) is 9.25. The van der Waals surface area contributed by atoms with Crippen LogP contribution < -0.4 is 0 Å². The Balaban J connectivity index is 2.23. The Bertz CT molecular complexity index is 615. The number of aromatic nitrogens is 4. The largest absolute Gasteiger partial charge is 0.272 e. The molecule has 0 aromatic carbocycles. The maximum atomic E-state index is 4.52. The van der Waals surface area contributed by atoms with Crippen LogP contribution in [-0.2, 0) is 7.05 Å². The summed E-state index contributed by atoms with van der Waals surface area (Å²) in [6.45, 7) is 2.05. The highest BCUT2D eigenvalue weighted by Gasteiger charge is 2.09. The third kappa shape index (κ3) is 1.23. The van der Waals surface area contributed by atoms with Crippen LogP contribution in [0, 0.1) is 6.92 Å². The Kier molecular flexibility index (Phi) is 1.83. The molecule has 0 saturated carbocycles. The van der Waals surface area contributed by atoms with E-state index in [1.807, 2.05) is 53.8 Å². The SMILES string of the molecule is Cc1c(-c2cc3ccccn3n2)cnn1C. The van der Waals surface area contributed by atoms with Gasteiger partial charge in [-0.25, -0.2) is 4.52 Å². The second-order valence-corrected chi connectivity index (χ2v) is 3.87. The van der Waals surface area contributed by atoms with Crippen molar-refractivity contribution in [2.75, 3.05) is 0 Å². The van der Waals surface area contributed by atoms with Gasteiger partial charge in [0.15, 0.2) is 0 Å². The van der Waals surface area contributed by atoms with Crippen molar-refractivity contribution in [3.05, 3.63) is 42.4 Å². The van der Waals surface area contributed by atoms with Gasteiger partial charge in [0.2, 0.25) is 0 Å². The molecule has 3 aromatic heterocycles. The lowest BCUT2D eigenvalue weighted by Gasteiger charge is -1.95. The van der Waals surface area contributed by atoms with Crippen molar-refractivity contribution in [2.45, 2.75) is 6.92 Å². The molecule has 4 nitrogen and oxygen atoms in total. The quantitative estimate of drug-likeness (QED) is 0.618. The average Bonchev–Trinajstić information content (AvgIpc) is 2.84. The van der Waals surface area contributed by atoms with Crippen molar-refractivity contribution in [3.8, 4) is 11.3 Å².